The maximum atomic E-state index is 2.50. The van der Waals surface area contributed by atoms with Crippen LogP contribution in [0.1, 0.15) is 0 Å². The molecule has 0 spiro atoms. The van der Waals surface area contributed by atoms with Crippen LogP contribution in [0.2, 0.25) is 0 Å². The maximum absolute atomic E-state index is 2.50. The highest BCUT2D eigenvalue weighted by atomic mass is 32.1. The van der Waals surface area contributed by atoms with Gasteiger partial charge in [0.25, 0.3) is 0 Å². The summed E-state index contributed by atoms with van der Waals surface area (Å²) >= 11 is 3.73. The first kappa shape index (κ1) is 40.6. The van der Waals surface area contributed by atoms with Crippen LogP contribution in [0, 0.1) is 0 Å². The monoisotopic (exact) mass is 922 g/mol. The fourth-order valence-electron chi connectivity index (χ4n) is 11.1. The average molecular weight is 923 g/mol. The molecule has 2 aromatic heterocycles. The van der Waals surface area contributed by atoms with Crippen molar-refractivity contribution in [2.24, 2.45) is 0 Å². The molecule has 0 unspecified atom stereocenters. The average Bonchev–Trinajstić information content (AvgIpc) is 4.14. The highest BCUT2D eigenvalue weighted by molar-refractivity contribution is 7.25. The van der Waals surface area contributed by atoms with Crippen molar-refractivity contribution in [3.05, 3.63) is 255 Å². The fraction of sp³-hybridized carbons (Fsp3) is 0. The normalized spacial score (nSPS) is 11.7. The number of benzene rings is 12. The van der Waals surface area contributed by atoms with E-state index in [4.69, 9.17) is 0 Å². The summed E-state index contributed by atoms with van der Waals surface area (Å²) < 4.78 is 0. The molecule has 12 aromatic carbocycles. The van der Waals surface area contributed by atoms with Gasteiger partial charge in [-0.3, -0.25) is 0 Å². The Hall–Kier alpha value is -8.40. The van der Waals surface area contributed by atoms with Crippen LogP contribution < -0.4 is 0 Å². The van der Waals surface area contributed by atoms with E-state index in [0.717, 1.165) is 0 Å². The maximum Gasteiger partial charge on any atom is 0.0449 e. The number of hydrogen-bond acceptors (Lipinski definition) is 2. The number of rotatable bonds is 7. The lowest BCUT2D eigenvalue weighted by Crippen LogP contribution is -1.94. The summed E-state index contributed by atoms with van der Waals surface area (Å²) in [5.74, 6) is 0. The Morgan fingerprint density at radius 1 is 0.171 bits per heavy atom. The number of hydrogen-bond donors (Lipinski definition) is 0. The van der Waals surface area contributed by atoms with Gasteiger partial charge in [0.05, 0.1) is 0 Å². The molecule has 0 aliphatic rings. The SMILES string of the molecule is c1ccc(-c2ccc(-c3ccc(-c4cccc(-c5c6ccccc6c(-c6ccc7c(-c8ccc9ccccc9c8)c8ccccc8c(-c8ccc9ccccc9c8)c7c6)c6ccccc56)c4)s3)s2)cc1. The zero-order valence-corrected chi connectivity index (χ0v) is 39.7. The molecule has 0 radical (unpaired) electrons. The first-order valence-corrected chi connectivity index (χ1v) is 25.6. The van der Waals surface area contributed by atoms with E-state index in [1.54, 1.807) is 0 Å². The zero-order valence-electron chi connectivity index (χ0n) is 38.1. The predicted octanol–water partition coefficient (Wildman–Crippen LogP) is 20.4. The van der Waals surface area contributed by atoms with E-state index in [2.05, 4.69) is 255 Å². The van der Waals surface area contributed by atoms with Crippen LogP contribution >= 0.6 is 22.7 Å². The Morgan fingerprint density at radius 2 is 0.514 bits per heavy atom. The van der Waals surface area contributed by atoms with Crippen LogP contribution in [0.25, 0.3) is 140 Å². The van der Waals surface area contributed by atoms with Crippen LogP contribution in [0.5, 0.6) is 0 Å². The fourth-order valence-corrected chi connectivity index (χ4v) is 13.2. The third-order valence-electron chi connectivity index (χ3n) is 14.3. The molecule has 326 valence electrons. The predicted molar refractivity (Wildman–Crippen MR) is 305 cm³/mol. The number of fused-ring (bicyclic) bond motifs is 6. The largest absolute Gasteiger partial charge is 0.134 e. The summed E-state index contributed by atoms with van der Waals surface area (Å²) in [6, 6.07) is 94.7. The van der Waals surface area contributed by atoms with E-state index < -0.39 is 0 Å². The quantitative estimate of drug-likeness (QED) is 0.140. The molecule has 0 aliphatic carbocycles. The van der Waals surface area contributed by atoms with E-state index in [1.165, 1.54) is 140 Å². The molecule has 70 heavy (non-hydrogen) atoms. The van der Waals surface area contributed by atoms with E-state index in [1.807, 2.05) is 22.7 Å². The van der Waals surface area contributed by atoms with Crippen LogP contribution in [0.3, 0.4) is 0 Å². The lowest BCUT2D eigenvalue weighted by Gasteiger charge is -2.21. The van der Waals surface area contributed by atoms with Gasteiger partial charge in [-0.05, 0) is 169 Å². The third kappa shape index (κ3) is 6.79. The molecule has 2 heteroatoms. The van der Waals surface area contributed by atoms with Gasteiger partial charge in [-0.25, -0.2) is 0 Å². The lowest BCUT2D eigenvalue weighted by atomic mass is 9.82. The first-order chi connectivity index (χ1) is 34.7. The Labute approximate surface area is 414 Å². The summed E-state index contributed by atoms with van der Waals surface area (Å²) in [5, 5.41) is 15.0. The summed E-state index contributed by atoms with van der Waals surface area (Å²) in [5.41, 5.74) is 12.4. The molecule has 14 rings (SSSR count). The van der Waals surface area contributed by atoms with Crippen LogP contribution in [0.15, 0.2) is 255 Å². The van der Waals surface area contributed by atoms with Crippen molar-refractivity contribution in [2.45, 2.75) is 0 Å². The third-order valence-corrected chi connectivity index (χ3v) is 16.7. The van der Waals surface area contributed by atoms with Crippen LogP contribution in [-0.2, 0) is 0 Å². The van der Waals surface area contributed by atoms with Gasteiger partial charge in [-0.1, -0.05) is 206 Å². The van der Waals surface area contributed by atoms with Crippen molar-refractivity contribution in [3.63, 3.8) is 0 Å². The molecular formula is C68H42S2. The molecule has 0 bridgehead atoms. The molecule has 0 nitrogen and oxygen atoms in total. The Morgan fingerprint density at radius 3 is 1.03 bits per heavy atom. The van der Waals surface area contributed by atoms with Gasteiger partial charge in [0.1, 0.15) is 0 Å². The Bertz CT molecular complexity index is 4300. The van der Waals surface area contributed by atoms with Crippen molar-refractivity contribution in [2.75, 3.05) is 0 Å². The lowest BCUT2D eigenvalue weighted by molar-refractivity contribution is 1.65. The Kier molecular flexibility index (Phi) is 9.69. The van der Waals surface area contributed by atoms with Gasteiger partial charge in [0.2, 0.25) is 0 Å². The van der Waals surface area contributed by atoms with Crippen LogP contribution in [0.4, 0.5) is 0 Å². The van der Waals surface area contributed by atoms with Gasteiger partial charge in [-0.2, -0.15) is 0 Å². The molecule has 0 amide bonds. The molecule has 0 saturated heterocycles. The topological polar surface area (TPSA) is 0 Å². The van der Waals surface area contributed by atoms with Crippen molar-refractivity contribution < 1.29 is 0 Å². The molecule has 14 aromatic rings. The first-order valence-electron chi connectivity index (χ1n) is 24.0. The van der Waals surface area contributed by atoms with E-state index in [0.29, 0.717) is 0 Å². The van der Waals surface area contributed by atoms with Gasteiger partial charge in [0, 0.05) is 19.5 Å². The second-order valence-corrected chi connectivity index (χ2v) is 20.5. The Balaban J connectivity index is 0.967. The summed E-state index contributed by atoms with van der Waals surface area (Å²) in [6.45, 7) is 0. The van der Waals surface area contributed by atoms with Gasteiger partial charge in [0.15, 0.2) is 0 Å². The smallest absolute Gasteiger partial charge is 0.0449 e. The second-order valence-electron chi connectivity index (χ2n) is 18.3. The highest BCUT2D eigenvalue weighted by Gasteiger charge is 2.22. The van der Waals surface area contributed by atoms with Crippen molar-refractivity contribution in [1.82, 2.24) is 0 Å². The van der Waals surface area contributed by atoms with E-state index in [9.17, 15) is 0 Å². The van der Waals surface area contributed by atoms with Crippen LogP contribution in [-0.4, -0.2) is 0 Å². The summed E-state index contributed by atoms with van der Waals surface area (Å²) in [6.07, 6.45) is 0. The molecule has 2 heterocycles. The molecule has 0 aliphatic heterocycles. The minimum Gasteiger partial charge on any atom is -0.134 e. The molecule has 0 N–H and O–H groups in total. The van der Waals surface area contributed by atoms with Crippen molar-refractivity contribution in [1.29, 1.82) is 0 Å². The van der Waals surface area contributed by atoms with E-state index in [-0.39, 0.29) is 0 Å². The summed E-state index contributed by atoms with van der Waals surface area (Å²) in [7, 11) is 0. The second kappa shape index (κ2) is 16.7. The summed E-state index contributed by atoms with van der Waals surface area (Å²) in [4.78, 5) is 5.16. The van der Waals surface area contributed by atoms with Gasteiger partial charge < -0.3 is 0 Å². The standard InChI is InChI=1S/C68H42S2/c1-2-17-45(18-3-1)61-35-37-63(69-61)64-38-36-62(70-64)48-21-14-22-49(41-48)65-53-23-8-10-25-55(53)67(56-26-11-9-24-54(56)65)52-33-34-59-60(42-52)68(51-32-30-44-16-5-7-20-47(44)40-51)58-28-13-12-27-57(58)66(59)50-31-29-43-15-4-6-19-46(43)39-50/h1-42H. The highest BCUT2D eigenvalue weighted by Crippen LogP contribution is 2.49. The number of thiophene rings is 2. The molecule has 0 atom stereocenters. The molecule has 0 saturated carbocycles. The van der Waals surface area contributed by atoms with Gasteiger partial charge in [-0.15, -0.1) is 22.7 Å². The van der Waals surface area contributed by atoms with Crippen molar-refractivity contribution >= 4 is 87.3 Å². The zero-order chi connectivity index (χ0) is 46.1. The minimum absolute atomic E-state index is 1.21. The molecular weight excluding hydrogens is 881 g/mol. The van der Waals surface area contributed by atoms with E-state index >= 15 is 0 Å². The molecule has 0 fully saturated rings. The van der Waals surface area contributed by atoms with Crippen molar-refractivity contribution in [3.8, 4) is 75.1 Å². The minimum atomic E-state index is 1.21. The van der Waals surface area contributed by atoms with Gasteiger partial charge >= 0.3 is 0 Å².